The molecule has 2 aromatic rings. The predicted octanol–water partition coefficient (Wildman–Crippen LogP) is 3.72. The fourth-order valence-electron chi connectivity index (χ4n) is 2.32. The first kappa shape index (κ1) is 19.8. The van der Waals surface area contributed by atoms with Gasteiger partial charge < -0.3 is 5.32 Å². The minimum atomic E-state index is -4.68. The lowest BCUT2D eigenvalue weighted by Crippen LogP contribution is -2.32. The van der Waals surface area contributed by atoms with E-state index >= 15 is 0 Å². The number of amides is 1. The topological polar surface area (TPSA) is 64.7 Å². The number of rotatable bonds is 5. The fourth-order valence-corrected chi connectivity index (χ4v) is 2.99. The molecule has 2 rings (SSSR count). The van der Waals surface area contributed by atoms with Crippen LogP contribution in [-0.2, 0) is 24.1 Å². The molecule has 0 saturated carbocycles. The number of nitrogens with zero attached hydrogens (tertiary/aromatic N) is 4. The van der Waals surface area contributed by atoms with Crippen molar-refractivity contribution in [1.82, 2.24) is 24.9 Å². The molecule has 0 aliphatic carbocycles. The molecule has 1 atom stereocenters. The van der Waals surface area contributed by atoms with Gasteiger partial charge in [-0.25, -0.2) is 0 Å². The van der Waals surface area contributed by atoms with Gasteiger partial charge in [0.15, 0.2) is 5.69 Å². The molecule has 138 valence electrons. The lowest BCUT2D eigenvalue weighted by Gasteiger charge is -2.15. The van der Waals surface area contributed by atoms with Gasteiger partial charge >= 0.3 is 6.18 Å². The molecule has 0 spiro atoms. The Labute approximate surface area is 155 Å². The van der Waals surface area contributed by atoms with Crippen molar-refractivity contribution in [2.24, 2.45) is 0 Å². The van der Waals surface area contributed by atoms with Crippen molar-refractivity contribution in [2.75, 3.05) is 0 Å². The number of aromatic nitrogens is 4. The Morgan fingerprint density at radius 3 is 2.64 bits per heavy atom. The van der Waals surface area contributed by atoms with Crippen LogP contribution in [0, 0.1) is 6.92 Å². The van der Waals surface area contributed by atoms with Gasteiger partial charge in [-0.1, -0.05) is 11.6 Å². The van der Waals surface area contributed by atoms with Gasteiger partial charge in [-0.15, -0.1) is 0 Å². The van der Waals surface area contributed by atoms with Gasteiger partial charge in [0.25, 0.3) is 0 Å². The lowest BCUT2D eigenvalue weighted by molar-refractivity contribution is -0.141. The zero-order valence-electron chi connectivity index (χ0n) is 13.7. The Morgan fingerprint density at radius 1 is 1.48 bits per heavy atom. The monoisotopic (exact) mass is 441 g/mol. The third-order valence-corrected chi connectivity index (χ3v) is 4.83. The van der Waals surface area contributed by atoms with Gasteiger partial charge in [0.1, 0.15) is 6.04 Å². The quantitative estimate of drug-likeness (QED) is 0.768. The molecule has 0 bridgehead atoms. The Balaban J connectivity index is 2.17. The van der Waals surface area contributed by atoms with E-state index in [0.717, 1.165) is 14.8 Å². The van der Waals surface area contributed by atoms with Gasteiger partial charge in [0.2, 0.25) is 5.91 Å². The minimum absolute atomic E-state index is 0.0800. The zero-order chi connectivity index (χ0) is 18.9. The van der Waals surface area contributed by atoms with Crippen molar-refractivity contribution in [2.45, 2.75) is 46.1 Å². The third-order valence-electron chi connectivity index (χ3n) is 3.72. The van der Waals surface area contributed by atoms with Gasteiger partial charge in [-0.3, -0.25) is 14.2 Å². The summed E-state index contributed by atoms with van der Waals surface area (Å²) in [6.45, 7) is 5.54. The van der Waals surface area contributed by atoms with Gasteiger partial charge in [0.05, 0.1) is 33.6 Å². The summed E-state index contributed by atoms with van der Waals surface area (Å²) in [5, 5.41) is 9.78. The number of carbonyl (C=O) groups excluding carboxylic acids is 1. The summed E-state index contributed by atoms with van der Waals surface area (Å²) in [6.07, 6.45) is -3.07. The number of halogens is 5. The predicted molar refractivity (Wildman–Crippen MR) is 89.1 cm³/mol. The van der Waals surface area contributed by atoms with Crippen LogP contribution in [0.1, 0.15) is 37.0 Å². The van der Waals surface area contributed by atoms with Crippen LogP contribution in [0.15, 0.2) is 10.7 Å². The number of hydrogen-bond acceptors (Lipinski definition) is 3. The first-order valence-electron chi connectivity index (χ1n) is 7.37. The normalized spacial score (nSPS) is 13.1. The van der Waals surface area contributed by atoms with E-state index in [1.807, 2.05) is 6.92 Å². The summed E-state index contributed by atoms with van der Waals surface area (Å²) >= 11 is 9.05. The van der Waals surface area contributed by atoms with E-state index in [4.69, 9.17) is 11.6 Å². The molecule has 2 aromatic heterocycles. The molecule has 0 saturated heterocycles. The van der Waals surface area contributed by atoms with E-state index < -0.39 is 28.8 Å². The lowest BCUT2D eigenvalue weighted by atomic mass is 10.3. The van der Waals surface area contributed by atoms with Crippen molar-refractivity contribution >= 4 is 33.4 Å². The van der Waals surface area contributed by atoms with Crippen molar-refractivity contribution < 1.29 is 18.0 Å². The highest BCUT2D eigenvalue weighted by atomic mass is 79.9. The molecule has 2 heterocycles. The molecule has 0 aliphatic rings. The Bertz CT molecular complexity index is 786. The molecule has 0 fully saturated rings. The molecule has 6 nitrogen and oxygen atoms in total. The van der Waals surface area contributed by atoms with Gasteiger partial charge in [-0.2, -0.15) is 23.4 Å². The second-order valence-electron chi connectivity index (χ2n) is 5.34. The highest BCUT2D eigenvalue weighted by Gasteiger charge is 2.39. The number of carbonyl (C=O) groups is 1. The van der Waals surface area contributed by atoms with Crippen LogP contribution in [0.3, 0.4) is 0 Å². The molecule has 0 aromatic carbocycles. The molecular formula is C14H16BrClF3N5O. The fraction of sp³-hybridized carbons (Fsp3) is 0.500. The Morgan fingerprint density at radius 2 is 2.12 bits per heavy atom. The van der Waals surface area contributed by atoms with Gasteiger partial charge in [0, 0.05) is 6.54 Å². The van der Waals surface area contributed by atoms with Crippen molar-refractivity contribution in [3.8, 4) is 0 Å². The molecule has 11 heteroatoms. The summed E-state index contributed by atoms with van der Waals surface area (Å²) in [5.41, 5.74) is -0.358. The van der Waals surface area contributed by atoms with Crippen LogP contribution >= 0.6 is 27.5 Å². The maximum Gasteiger partial charge on any atom is 0.436 e. The first-order chi connectivity index (χ1) is 11.6. The standard InChI is InChI=1S/C14H16BrClF3N5O/c1-4-23-10(9(15)5-21-23)6-20-13(25)8(3)24-7(2)11(16)12(22-24)14(17,18)19/h5,8H,4,6H2,1-3H3,(H,20,25). The average molecular weight is 443 g/mol. The number of alkyl halides is 3. The summed E-state index contributed by atoms with van der Waals surface area (Å²) in [6, 6.07) is -0.953. The zero-order valence-corrected chi connectivity index (χ0v) is 16.0. The van der Waals surface area contributed by atoms with Crippen LogP contribution in [-0.4, -0.2) is 25.5 Å². The largest absolute Gasteiger partial charge is 0.436 e. The molecule has 1 unspecified atom stereocenters. The van der Waals surface area contributed by atoms with Crippen LogP contribution in [0.2, 0.25) is 5.02 Å². The number of hydrogen-bond donors (Lipinski definition) is 1. The summed E-state index contributed by atoms with van der Waals surface area (Å²) in [7, 11) is 0. The van der Waals surface area contributed by atoms with Crippen LogP contribution in [0.25, 0.3) is 0 Å². The minimum Gasteiger partial charge on any atom is -0.349 e. The molecule has 1 amide bonds. The average Bonchev–Trinajstić information content (AvgIpc) is 3.04. The van der Waals surface area contributed by atoms with E-state index in [0.29, 0.717) is 6.54 Å². The van der Waals surface area contributed by atoms with Crippen molar-refractivity contribution in [1.29, 1.82) is 0 Å². The summed E-state index contributed by atoms with van der Waals surface area (Å²) in [5.74, 6) is -0.480. The second kappa shape index (κ2) is 7.36. The smallest absolute Gasteiger partial charge is 0.349 e. The first-order valence-corrected chi connectivity index (χ1v) is 8.54. The molecule has 25 heavy (non-hydrogen) atoms. The highest BCUT2D eigenvalue weighted by molar-refractivity contribution is 9.10. The summed E-state index contributed by atoms with van der Waals surface area (Å²) in [4.78, 5) is 12.3. The molecular weight excluding hydrogens is 427 g/mol. The second-order valence-corrected chi connectivity index (χ2v) is 6.57. The van der Waals surface area contributed by atoms with E-state index in [9.17, 15) is 18.0 Å². The molecule has 1 N–H and O–H groups in total. The maximum atomic E-state index is 12.9. The van der Waals surface area contributed by atoms with Crippen molar-refractivity contribution in [3.05, 3.63) is 32.8 Å². The summed E-state index contributed by atoms with van der Waals surface area (Å²) < 4.78 is 42.1. The van der Waals surface area contributed by atoms with Crippen molar-refractivity contribution in [3.63, 3.8) is 0 Å². The van der Waals surface area contributed by atoms with E-state index in [2.05, 4.69) is 31.4 Å². The van der Waals surface area contributed by atoms with E-state index in [1.165, 1.54) is 13.8 Å². The molecule has 0 radical (unpaired) electrons. The molecule has 0 aliphatic heterocycles. The maximum absolute atomic E-state index is 12.9. The van der Waals surface area contributed by atoms with E-state index in [1.54, 1.807) is 10.9 Å². The van der Waals surface area contributed by atoms with Crippen LogP contribution in [0.5, 0.6) is 0 Å². The van der Waals surface area contributed by atoms with E-state index in [-0.39, 0.29) is 12.2 Å². The number of aryl methyl sites for hydroxylation is 1. The van der Waals surface area contributed by atoms with Crippen LogP contribution in [0.4, 0.5) is 13.2 Å². The Hall–Kier alpha value is -1.55. The van der Waals surface area contributed by atoms with Gasteiger partial charge in [-0.05, 0) is 36.7 Å². The van der Waals surface area contributed by atoms with Crippen LogP contribution < -0.4 is 5.32 Å². The third kappa shape index (κ3) is 4.00. The SMILES string of the molecule is CCn1ncc(Br)c1CNC(=O)C(C)n1nc(C(F)(F)F)c(Cl)c1C. The Kier molecular flexibility index (Phi) is 5.82. The number of nitrogens with one attached hydrogen (secondary N) is 1. The highest BCUT2D eigenvalue weighted by Crippen LogP contribution is 2.36.